The van der Waals surface area contributed by atoms with Gasteiger partial charge in [-0.25, -0.2) is 0 Å². The van der Waals surface area contributed by atoms with Crippen molar-refractivity contribution in [1.82, 2.24) is 0 Å². The summed E-state index contributed by atoms with van der Waals surface area (Å²) in [6.07, 6.45) is 0.701. The van der Waals surface area contributed by atoms with Crippen LogP contribution in [0.2, 0.25) is 0 Å². The first-order chi connectivity index (χ1) is 7.08. The predicted molar refractivity (Wildman–Crippen MR) is 59.6 cm³/mol. The van der Waals surface area contributed by atoms with E-state index in [4.69, 9.17) is 10.4 Å². The van der Waals surface area contributed by atoms with Gasteiger partial charge in [0.15, 0.2) is 0 Å². The van der Waals surface area contributed by atoms with Gasteiger partial charge < -0.3 is 5.11 Å². The molecule has 78 valence electrons. The summed E-state index contributed by atoms with van der Waals surface area (Å²) in [5.41, 5.74) is 2.00. The number of nitrogens with zero attached hydrogens (tertiary/aromatic N) is 1. The Balaban J connectivity index is 3.27. The van der Waals surface area contributed by atoms with Crippen molar-refractivity contribution >= 4 is 21.9 Å². The maximum absolute atomic E-state index is 10.6. The monoisotopic (exact) mass is 267 g/mol. The molecule has 0 aliphatic heterocycles. The topological polar surface area (TPSA) is 61.1 Å². The first-order valence-corrected chi connectivity index (χ1v) is 5.31. The van der Waals surface area contributed by atoms with E-state index in [1.807, 2.05) is 19.1 Å². The molecular weight excluding hydrogens is 258 g/mol. The summed E-state index contributed by atoms with van der Waals surface area (Å²) in [4.78, 5) is 10.6. The van der Waals surface area contributed by atoms with Crippen molar-refractivity contribution in [3.8, 4) is 6.07 Å². The third-order valence-electron chi connectivity index (χ3n) is 2.09. The van der Waals surface area contributed by atoms with Crippen molar-refractivity contribution in [2.75, 3.05) is 0 Å². The molecular formula is C11H10BrNO2. The molecule has 0 saturated heterocycles. The van der Waals surface area contributed by atoms with Crippen LogP contribution < -0.4 is 0 Å². The molecule has 0 heterocycles. The lowest BCUT2D eigenvalue weighted by Gasteiger charge is -2.06. The zero-order valence-corrected chi connectivity index (χ0v) is 9.84. The second-order valence-corrected chi connectivity index (χ2v) is 4.00. The van der Waals surface area contributed by atoms with Gasteiger partial charge in [0.2, 0.25) is 0 Å². The van der Waals surface area contributed by atoms with Crippen molar-refractivity contribution < 1.29 is 9.90 Å². The zero-order valence-electron chi connectivity index (χ0n) is 8.25. The molecule has 0 saturated carbocycles. The first kappa shape index (κ1) is 11.7. The van der Waals surface area contributed by atoms with Crippen LogP contribution in [0.3, 0.4) is 0 Å². The molecule has 4 heteroatoms. The van der Waals surface area contributed by atoms with Crippen LogP contribution in [0.15, 0.2) is 16.6 Å². The molecule has 0 aliphatic rings. The number of nitriles is 1. The van der Waals surface area contributed by atoms with Crippen LogP contribution in [0.25, 0.3) is 0 Å². The minimum Gasteiger partial charge on any atom is -0.481 e. The molecule has 0 aliphatic carbocycles. The molecule has 0 bridgehead atoms. The molecule has 3 nitrogen and oxygen atoms in total. The summed E-state index contributed by atoms with van der Waals surface area (Å²) in [5, 5.41) is 17.6. The maximum atomic E-state index is 10.6. The van der Waals surface area contributed by atoms with E-state index >= 15 is 0 Å². The lowest BCUT2D eigenvalue weighted by molar-refractivity contribution is -0.136. The van der Waals surface area contributed by atoms with Gasteiger partial charge in [0.25, 0.3) is 0 Å². The molecule has 1 aromatic rings. The van der Waals surface area contributed by atoms with Crippen LogP contribution in [0.1, 0.15) is 23.6 Å². The van der Waals surface area contributed by atoms with E-state index in [9.17, 15) is 4.79 Å². The molecule has 0 radical (unpaired) electrons. The Hall–Kier alpha value is -1.34. The minimum atomic E-state index is -0.924. The number of hydrogen-bond donors (Lipinski definition) is 1. The number of carboxylic acids is 1. The molecule has 0 atom stereocenters. The average Bonchev–Trinajstić information content (AvgIpc) is 2.16. The number of carbonyl (C=O) groups is 1. The average molecular weight is 268 g/mol. The minimum absolute atomic E-state index is 0.116. The maximum Gasteiger partial charge on any atom is 0.307 e. The molecule has 0 unspecified atom stereocenters. The standard InChI is InChI=1S/C11H10BrNO2/c1-2-7-3-8(5-11(14)15)9(6-13)10(12)4-7/h3-4H,2,5H2,1H3,(H,14,15). The lowest BCUT2D eigenvalue weighted by atomic mass is 10.0. The summed E-state index contributed by atoms with van der Waals surface area (Å²) < 4.78 is 0.667. The van der Waals surface area contributed by atoms with Gasteiger partial charge in [-0.1, -0.05) is 13.0 Å². The Morgan fingerprint density at radius 3 is 2.73 bits per heavy atom. The molecule has 1 rings (SSSR count). The van der Waals surface area contributed by atoms with Gasteiger partial charge >= 0.3 is 5.97 Å². The van der Waals surface area contributed by atoms with Crippen LogP contribution in [0.5, 0.6) is 0 Å². The third kappa shape index (κ3) is 2.80. The summed E-state index contributed by atoms with van der Waals surface area (Å²) in [6, 6.07) is 5.64. The molecule has 0 spiro atoms. The van der Waals surface area contributed by atoms with Gasteiger partial charge in [0.1, 0.15) is 6.07 Å². The molecule has 1 N–H and O–H groups in total. The third-order valence-corrected chi connectivity index (χ3v) is 2.72. The normalized spacial score (nSPS) is 9.67. The van der Waals surface area contributed by atoms with Gasteiger partial charge in [-0.3, -0.25) is 4.79 Å². The Morgan fingerprint density at radius 1 is 1.60 bits per heavy atom. The fraction of sp³-hybridized carbons (Fsp3) is 0.273. The van der Waals surface area contributed by atoms with Crippen molar-refractivity contribution in [2.24, 2.45) is 0 Å². The zero-order chi connectivity index (χ0) is 11.4. The highest BCUT2D eigenvalue weighted by molar-refractivity contribution is 9.10. The fourth-order valence-corrected chi connectivity index (χ4v) is 1.99. The molecule has 0 aromatic heterocycles. The Bertz CT molecular complexity index is 435. The highest BCUT2D eigenvalue weighted by Crippen LogP contribution is 2.23. The second-order valence-electron chi connectivity index (χ2n) is 3.15. The number of carboxylic acid groups (broad SMARTS) is 1. The van der Waals surface area contributed by atoms with E-state index in [1.165, 1.54) is 0 Å². The molecule has 0 fully saturated rings. The van der Waals surface area contributed by atoms with E-state index in [-0.39, 0.29) is 6.42 Å². The summed E-state index contributed by atoms with van der Waals surface area (Å²) >= 11 is 3.27. The number of halogens is 1. The van der Waals surface area contributed by atoms with Crippen LogP contribution in [0, 0.1) is 11.3 Å². The molecule has 15 heavy (non-hydrogen) atoms. The number of hydrogen-bond acceptors (Lipinski definition) is 2. The quantitative estimate of drug-likeness (QED) is 0.916. The van der Waals surface area contributed by atoms with E-state index in [2.05, 4.69) is 15.9 Å². The van der Waals surface area contributed by atoms with Crippen LogP contribution in [0.4, 0.5) is 0 Å². The van der Waals surface area contributed by atoms with Crippen molar-refractivity contribution in [3.63, 3.8) is 0 Å². The van der Waals surface area contributed by atoms with Gasteiger partial charge in [-0.05, 0) is 39.5 Å². The van der Waals surface area contributed by atoms with Gasteiger partial charge in [0.05, 0.1) is 12.0 Å². The summed E-state index contributed by atoms with van der Waals surface area (Å²) in [7, 11) is 0. The lowest BCUT2D eigenvalue weighted by Crippen LogP contribution is -2.03. The van der Waals surface area contributed by atoms with Gasteiger partial charge in [-0.2, -0.15) is 5.26 Å². The van der Waals surface area contributed by atoms with E-state index in [0.717, 1.165) is 12.0 Å². The first-order valence-electron chi connectivity index (χ1n) is 4.51. The van der Waals surface area contributed by atoms with Gasteiger partial charge in [0, 0.05) is 4.47 Å². The fourth-order valence-electron chi connectivity index (χ4n) is 1.36. The van der Waals surface area contributed by atoms with Crippen molar-refractivity contribution in [3.05, 3.63) is 33.3 Å². The van der Waals surface area contributed by atoms with E-state index in [1.54, 1.807) is 6.07 Å². The predicted octanol–water partition coefficient (Wildman–Crippen LogP) is 2.51. The summed E-state index contributed by atoms with van der Waals surface area (Å²) in [6.45, 7) is 1.98. The summed E-state index contributed by atoms with van der Waals surface area (Å²) in [5.74, 6) is -0.924. The highest BCUT2D eigenvalue weighted by Gasteiger charge is 2.11. The van der Waals surface area contributed by atoms with Crippen LogP contribution in [-0.2, 0) is 17.6 Å². The number of benzene rings is 1. The second kappa shape index (κ2) is 4.94. The Morgan fingerprint density at radius 2 is 2.27 bits per heavy atom. The molecule has 0 amide bonds. The number of aryl methyl sites for hydroxylation is 1. The smallest absolute Gasteiger partial charge is 0.307 e. The van der Waals surface area contributed by atoms with Crippen LogP contribution >= 0.6 is 15.9 Å². The number of rotatable bonds is 3. The molecule has 1 aromatic carbocycles. The Labute approximate surface area is 96.5 Å². The van der Waals surface area contributed by atoms with Crippen molar-refractivity contribution in [2.45, 2.75) is 19.8 Å². The SMILES string of the molecule is CCc1cc(Br)c(C#N)c(CC(=O)O)c1. The highest BCUT2D eigenvalue weighted by atomic mass is 79.9. The van der Waals surface area contributed by atoms with E-state index in [0.29, 0.717) is 15.6 Å². The van der Waals surface area contributed by atoms with E-state index < -0.39 is 5.97 Å². The largest absolute Gasteiger partial charge is 0.481 e. The Kier molecular flexibility index (Phi) is 3.87. The van der Waals surface area contributed by atoms with Crippen LogP contribution in [-0.4, -0.2) is 11.1 Å². The van der Waals surface area contributed by atoms with Gasteiger partial charge in [-0.15, -0.1) is 0 Å². The van der Waals surface area contributed by atoms with Crippen molar-refractivity contribution in [1.29, 1.82) is 5.26 Å². The number of aliphatic carboxylic acids is 1.